The predicted molar refractivity (Wildman–Crippen MR) is 147 cm³/mol. The molecule has 0 unspecified atom stereocenters. The molecule has 4 rings (SSSR count). The van der Waals surface area contributed by atoms with E-state index < -0.39 is 24.6 Å². The zero-order valence-corrected chi connectivity index (χ0v) is 24.4. The van der Waals surface area contributed by atoms with Crippen LogP contribution < -0.4 is 11.1 Å². The molecule has 0 spiro atoms. The number of pyridine rings is 2. The Morgan fingerprint density at radius 1 is 0.829 bits per heavy atom. The lowest BCUT2D eigenvalue weighted by Gasteiger charge is -2.07. The molecule has 4 aromatic heterocycles. The van der Waals surface area contributed by atoms with Crippen molar-refractivity contribution in [3.8, 4) is 22.9 Å². The van der Waals surface area contributed by atoms with Gasteiger partial charge in [-0.3, -0.25) is 9.59 Å². The SMILES string of the molecule is CC(C)CCBr.CC(C)CCn1ccc(-c2nnc(C(F)F)o2)cc1=O.O=c1cc(-c2nnc(C(F)F)o2)cc[nH]1. The van der Waals surface area contributed by atoms with Crippen LogP contribution in [0.2, 0.25) is 0 Å². The number of hydrogen-bond donors (Lipinski definition) is 1. The van der Waals surface area contributed by atoms with Crippen LogP contribution in [0.25, 0.3) is 22.9 Å². The van der Waals surface area contributed by atoms with Crippen molar-refractivity contribution >= 4 is 15.9 Å². The first-order valence-corrected chi connectivity index (χ1v) is 13.7. The van der Waals surface area contributed by atoms with Crippen LogP contribution in [-0.2, 0) is 6.54 Å². The lowest BCUT2D eigenvalue weighted by Crippen LogP contribution is -2.19. The summed E-state index contributed by atoms with van der Waals surface area (Å²) >= 11 is 3.35. The average Bonchev–Trinajstić information content (AvgIpc) is 3.60. The molecule has 0 saturated heterocycles. The second-order valence-electron chi connectivity index (χ2n) is 9.43. The van der Waals surface area contributed by atoms with E-state index in [1.54, 1.807) is 16.8 Å². The van der Waals surface area contributed by atoms with Gasteiger partial charge in [0, 0.05) is 47.5 Å². The average molecular weight is 647 g/mol. The van der Waals surface area contributed by atoms with Crippen LogP contribution >= 0.6 is 15.9 Å². The second-order valence-corrected chi connectivity index (χ2v) is 10.2. The van der Waals surface area contributed by atoms with Gasteiger partial charge in [0.25, 0.3) is 17.3 Å². The van der Waals surface area contributed by atoms with Gasteiger partial charge in [-0.2, -0.15) is 17.6 Å². The molecule has 0 aliphatic rings. The number of alkyl halides is 5. The third kappa shape index (κ3) is 11.4. The molecule has 1 N–H and O–H groups in total. The largest absolute Gasteiger partial charge is 0.415 e. The summed E-state index contributed by atoms with van der Waals surface area (Å²) in [6, 6.07) is 5.57. The highest BCUT2D eigenvalue weighted by molar-refractivity contribution is 9.09. The summed E-state index contributed by atoms with van der Waals surface area (Å²) in [5, 5.41) is 14.4. The monoisotopic (exact) mass is 646 g/mol. The lowest BCUT2D eigenvalue weighted by atomic mass is 10.1. The fourth-order valence-corrected chi connectivity index (χ4v) is 3.81. The smallest absolute Gasteiger partial charge is 0.314 e. The Balaban J connectivity index is 0.000000246. The van der Waals surface area contributed by atoms with Crippen LogP contribution in [0.1, 0.15) is 65.2 Å². The van der Waals surface area contributed by atoms with Gasteiger partial charge in [0.2, 0.25) is 17.3 Å². The van der Waals surface area contributed by atoms with Crippen LogP contribution in [0.3, 0.4) is 0 Å². The van der Waals surface area contributed by atoms with E-state index in [0.717, 1.165) is 17.7 Å². The van der Waals surface area contributed by atoms with Crippen molar-refractivity contribution in [2.45, 2.75) is 59.9 Å². The van der Waals surface area contributed by atoms with Gasteiger partial charge in [0.15, 0.2) is 0 Å². The Morgan fingerprint density at radius 3 is 1.76 bits per heavy atom. The lowest BCUT2D eigenvalue weighted by molar-refractivity contribution is 0.115. The molecule has 41 heavy (non-hydrogen) atoms. The minimum Gasteiger partial charge on any atom is -0.415 e. The molecule has 0 amide bonds. The Bertz CT molecular complexity index is 1450. The highest BCUT2D eigenvalue weighted by Crippen LogP contribution is 2.23. The molecule has 4 aromatic rings. The molecule has 0 aliphatic heterocycles. The Morgan fingerprint density at radius 2 is 1.37 bits per heavy atom. The van der Waals surface area contributed by atoms with Crippen LogP contribution in [0.4, 0.5) is 17.6 Å². The van der Waals surface area contributed by atoms with Crippen molar-refractivity contribution in [3.63, 3.8) is 0 Å². The van der Waals surface area contributed by atoms with Crippen LogP contribution in [0.15, 0.2) is 55.1 Å². The molecule has 0 fully saturated rings. The number of hydrogen-bond acceptors (Lipinski definition) is 8. The second kappa shape index (κ2) is 16.6. The van der Waals surface area contributed by atoms with E-state index in [-0.39, 0.29) is 22.9 Å². The number of nitrogens with one attached hydrogen (secondary N) is 1. The molecule has 0 aliphatic carbocycles. The van der Waals surface area contributed by atoms with E-state index in [9.17, 15) is 27.2 Å². The molecule has 224 valence electrons. The molecule has 15 heteroatoms. The van der Waals surface area contributed by atoms with E-state index in [4.69, 9.17) is 4.42 Å². The molecule has 0 aromatic carbocycles. The van der Waals surface area contributed by atoms with Gasteiger partial charge in [-0.25, -0.2) is 0 Å². The Kier molecular flexibility index (Phi) is 13.6. The summed E-state index contributed by atoms with van der Waals surface area (Å²) in [7, 11) is 0. The number of aryl methyl sites for hydroxylation is 1. The van der Waals surface area contributed by atoms with Crippen LogP contribution in [-0.4, -0.2) is 35.3 Å². The first-order valence-electron chi connectivity index (χ1n) is 12.6. The molecule has 10 nitrogen and oxygen atoms in total. The van der Waals surface area contributed by atoms with Crippen LogP contribution in [0, 0.1) is 11.8 Å². The Hall–Kier alpha value is -3.62. The number of aromatic nitrogens is 6. The van der Waals surface area contributed by atoms with Crippen molar-refractivity contribution in [2.75, 3.05) is 5.33 Å². The molecule has 0 atom stereocenters. The van der Waals surface area contributed by atoms with Crippen molar-refractivity contribution < 1.29 is 26.4 Å². The summed E-state index contributed by atoms with van der Waals surface area (Å²) in [5.41, 5.74) is 0.0533. The topological polar surface area (TPSA) is 133 Å². The van der Waals surface area contributed by atoms with Gasteiger partial charge < -0.3 is 18.4 Å². The number of H-pyrrole nitrogens is 1. The molecule has 4 heterocycles. The summed E-state index contributed by atoms with van der Waals surface area (Å²) in [6.45, 7) is 9.21. The maximum Gasteiger partial charge on any atom is 0.314 e. The van der Waals surface area contributed by atoms with Gasteiger partial charge >= 0.3 is 12.9 Å². The number of nitrogens with zero attached hydrogens (tertiary/aromatic N) is 5. The minimum atomic E-state index is -2.82. The molecule has 0 radical (unpaired) electrons. The van der Waals surface area contributed by atoms with Crippen molar-refractivity contribution in [1.82, 2.24) is 29.9 Å². The zero-order chi connectivity index (χ0) is 30.5. The maximum absolute atomic E-state index is 12.4. The zero-order valence-electron chi connectivity index (χ0n) is 22.9. The van der Waals surface area contributed by atoms with Crippen molar-refractivity contribution in [3.05, 3.63) is 69.1 Å². The quantitative estimate of drug-likeness (QED) is 0.157. The summed E-state index contributed by atoms with van der Waals surface area (Å²) < 4.78 is 60.0. The predicted octanol–water partition coefficient (Wildman–Crippen LogP) is 6.67. The fourth-order valence-electron chi connectivity index (χ4n) is 2.90. The van der Waals surface area contributed by atoms with Crippen molar-refractivity contribution in [2.24, 2.45) is 11.8 Å². The first-order chi connectivity index (χ1) is 19.4. The summed E-state index contributed by atoms with van der Waals surface area (Å²) in [4.78, 5) is 25.2. The van der Waals surface area contributed by atoms with Gasteiger partial charge in [-0.05, 0) is 36.8 Å². The van der Waals surface area contributed by atoms with E-state index in [1.807, 2.05) is 0 Å². The maximum atomic E-state index is 12.4. The number of rotatable bonds is 9. The van der Waals surface area contributed by atoms with E-state index in [2.05, 4.69) is 73.4 Å². The normalized spacial score (nSPS) is 11.0. The highest BCUT2D eigenvalue weighted by atomic mass is 79.9. The third-order valence-corrected chi connectivity index (χ3v) is 5.61. The molecule has 0 saturated carbocycles. The Labute approximate surface area is 241 Å². The van der Waals surface area contributed by atoms with E-state index in [1.165, 1.54) is 30.8 Å². The first kappa shape index (κ1) is 33.6. The van der Waals surface area contributed by atoms with Gasteiger partial charge in [-0.15, -0.1) is 20.4 Å². The third-order valence-electron chi connectivity index (χ3n) is 5.15. The van der Waals surface area contributed by atoms with Crippen molar-refractivity contribution in [1.29, 1.82) is 0 Å². The molecular formula is C26H31BrF4N6O4. The van der Waals surface area contributed by atoms with Gasteiger partial charge in [-0.1, -0.05) is 43.6 Å². The van der Waals surface area contributed by atoms with Gasteiger partial charge in [0.05, 0.1) is 0 Å². The molecule has 0 bridgehead atoms. The minimum absolute atomic E-state index is 0.0755. The summed E-state index contributed by atoms with van der Waals surface area (Å²) in [5.74, 6) is -0.338. The fraction of sp³-hybridized carbons (Fsp3) is 0.462. The van der Waals surface area contributed by atoms with E-state index >= 15 is 0 Å². The molecular weight excluding hydrogens is 616 g/mol. The standard InChI is InChI=1S/C13H15F2N3O2.C8H5F2N3O2.C5H11Br/c1-8(2)3-5-18-6-4-9(7-10(18)19)12-16-17-13(20-12)11(14)15;9-6(10)8-13-12-7(15-8)4-1-2-11-5(14)3-4;1-5(2)3-4-6/h4,6-8,11H,3,5H2,1-2H3;1-3,6H,(H,11,14);5H,3-4H2,1-2H3. The van der Waals surface area contributed by atoms with Crippen LogP contribution in [0.5, 0.6) is 0 Å². The number of aromatic amines is 1. The van der Waals surface area contributed by atoms with E-state index in [0.29, 0.717) is 23.6 Å². The summed E-state index contributed by atoms with van der Waals surface area (Å²) in [6.07, 6.45) is -0.484. The highest BCUT2D eigenvalue weighted by Gasteiger charge is 2.18. The van der Waals surface area contributed by atoms with Gasteiger partial charge in [0.1, 0.15) is 0 Å². The number of halogens is 5.